The Morgan fingerprint density at radius 2 is 2.05 bits per heavy atom. The smallest absolute Gasteiger partial charge is 0.123 e. The van der Waals surface area contributed by atoms with E-state index in [1.807, 2.05) is 0 Å². The van der Waals surface area contributed by atoms with E-state index in [4.69, 9.17) is 4.74 Å². The monoisotopic (exact) mass is 279 g/mol. The van der Waals surface area contributed by atoms with E-state index in [0.717, 1.165) is 17.7 Å². The van der Waals surface area contributed by atoms with Gasteiger partial charge in [-0.25, -0.2) is 4.39 Å². The molecule has 20 heavy (non-hydrogen) atoms. The molecule has 0 radical (unpaired) electrons. The molecule has 0 bridgehead atoms. The van der Waals surface area contributed by atoms with Crippen molar-refractivity contribution < 1.29 is 9.13 Å². The molecule has 3 atom stereocenters. The molecule has 0 spiro atoms. The maximum Gasteiger partial charge on any atom is 0.123 e. The van der Waals surface area contributed by atoms with Gasteiger partial charge in [0.1, 0.15) is 11.6 Å². The summed E-state index contributed by atoms with van der Waals surface area (Å²) in [4.78, 5) is 0. The highest BCUT2D eigenvalue weighted by Gasteiger charge is 2.37. The summed E-state index contributed by atoms with van der Waals surface area (Å²) in [6.45, 7) is 9.01. The van der Waals surface area contributed by atoms with Crippen LogP contribution < -0.4 is 10.1 Å². The minimum Gasteiger partial charge on any atom is -0.496 e. The summed E-state index contributed by atoms with van der Waals surface area (Å²) in [5, 5.41) is 3.66. The van der Waals surface area contributed by atoms with Crippen LogP contribution in [0.15, 0.2) is 18.2 Å². The van der Waals surface area contributed by atoms with E-state index < -0.39 is 0 Å². The lowest BCUT2D eigenvalue weighted by molar-refractivity contribution is 0.351. The van der Waals surface area contributed by atoms with Gasteiger partial charge in [0.2, 0.25) is 0 Å². The fraction of sp³-hybridized carbons (Fsp3) is 0.647. The fourth-order valence-electron chi connectivity index (χ4n) is 3.57. The van der Waals surface area contributed by atoms with Gasteiger partial charge in [0.25, 0.3) is 0 Å². The molecule has 1 aromatic carbocycles. The van der Waals surface area contributed by atoms with Gasteiger partial charge in [-0.2, -0.15) is 0 Å². The maximum absolute atomic E-state index is 13.5. The summed E-state index contributed by atoms with van der Waals surface area (Å²) in [6.07, 6.45) is 2.40. The minimum atomic E-state index is -0.214. The molecule has 1 aliphatic carbocycles. The number of nitrogens with one attached hydrogen (secondary N) is 1. The molecule has 112 valence electrons. The van der Waals surface area contributed by atoms with Crippen LogP contribution in [0.25, 0.3) is 0 Å². The second-order valence-corrected chi connectivity index (χ2v) is 6.93. The summed E-state index contributed by atoms with van der Waals surface area (Å²) in [5.41, 5.74) is 1.28. The number of halogens is 1. The SMILES string of the molecule is COc1ccc(F)cc1C(C)NC1CC(C)(C)CC1C. The first-order chi connectivity index (χ1) is 9.32. The van der Waals surface area contributed by atoms with Crippen molar-refractivity contribution in [2.75, 3.05) is 7.11 Å². The molecule has 1 saturated carbocycles. The standard InChI is InChI=1S/C17H26FNO/c1-11-9-17(3,4)10-15(11)19-12(2)14-8-13(18)6-7-16(14)20-5/h6-8,11-12,15,19H,9-10H2,1-5H3. The predicted octanol–water partition coefficient (Wildman–Crippen LogP) is 4.31. The molecule has 2 nitrogen and oxygen atoms in total. The number of hydrogen-bond acceptors (Lipinski definition) is 2. The average molecular weight is 279 g/mol. The van der Waals surface area contributed by atoms with Gasteiger partial charge in [-0.15, -0.1) is 0 Å². The van der Waals surface area contributed by atoms with Gasteiger partial charge in [0.05, 0.1) is 7.11 Å². The molecule has 1 N–H and O–H groups in total. The molecule has 0 aliphatic heterocycles. The van der Waals surface area contributed by atoms with Crippen molar-refractivity contribution in [2.24, 2.45) is 11.3 Å². The van der Waals surface area contributed by atoms with E-state index in [1.54, 1.807) is 19.2 Å². The zero-order valence-corrected chi connectivity index (χ0v) is 13.2. The molecule has 3 heteroatoms. The number of benzene rings is 1. The average Bonchev–Trinajstić information content (AvgIpc) is 2.62. The van der Waals surface area contributed by atoms with Crippen molar-refractivity contribution in [3.8, 4) is 5.75 Å². The minimum absolute atomic E-state index is 0.0852. The highest BCUT2D eigenvalue weighted by molar-refractivity contribution is 5.36. The Kier molecular flexibility index (Phi) is 4.38. The third kappa shape index (κ3) is 3.32. The van der Waals surface area contributed by atoms with Gasteiger partial charge in [0, 0.05) is 17.6 Å². The van der Waals surface area contributed by atoms with Crippen LogP contribution in [0.4, 0.5) is 4.39 Å². The van der Waals surface area contributed by atoms with Gasteiger partial charge in [-0.1, -0.05) is 20.8 Å². The van der Waals surface area contributed by atoms with Crippen LogP contribution in [0.5, 0.6) is 5.75 Å². The second-order valence-electron chi connectivity index (χ2n) is 6.93. The number of ether oxygens (including phenoxy) is 1. The van der Waals surface area contributed by atoms with Crippen LogP contribution in [0.1, 0.15) is 52.1 Å². The van der Waals surface area contributed by atoms with Gasteiger partial charge >= 0.3 is 0 Å². The first-order valence-corrected chi connectivity index (χ1v) is 7.42. The zero-order chi connectivity index (χ0) is 14.9. The molecule has 2 rings (SSSR count). The summed E-state index contributed by atoms with van der Waals surface area (Å²) < 4.78 is 18.8. The van der Waals surface area contributed by atoms with Gasteiger partial charge < -0.3 is 10.1 Å². The first-order valence-electron chi connectivity index (χ1n) is 7.42. The van der Waals surface area contributed by atoms with Crippen molar-refractivity contribution in [1.82, 2.24) is 5.32 Å². The number of hydrogen-bond donors (Lipinski definition) is 1. The summed E-state index contributed by atoms with van der Waals surface area (Å²) >= 11 is 0. The van der Waals surface area contributed by atoms with Crippen LogP contribution >= 0.6 is 0 Å². The Labute approximate surface area is 121 Å². The summed E-state index contributed by atoms with van der Waals surface area (Å²) in [7, 11) is 1.63. The lowest BCUT2D eigenvalue weighted by Gasteiger charge is -2.25. The summed E-state index contributed by atoms with van der Waals surface area (Å²) in [5.74, 6) is 1.18. The molecular weight excluding hydrogens is 253 g/mol. The molecule has 1 fully saturated rings. The van der Waals surface area contributed by atoms with E-state index in [0.29, 0.717) is 17.4 Å². The zero-order valence-electron chi connectivity index (χ0n) is 13.2. The molecule has 0 saturated heterocycles. The third-order valence-corrected chi connectivity index (χ3v) is 4.46. The van der Waals surface area contributed by atoms with E-state index in [-0.39, 0.29) is 11.9 Å². The highest BCUT2D eigenvalue weighted by atomic mass is 19.1. The lowest BCUT2D eigenvalue weighted by Crippen LogP contribution is -2.34. The molecular formula is C17H26FNO. The van der Waals surface area contributed by atoms with E-state index >= 15 is 0 Å². The molecule has 0 aromatic heterocycles. The maximum atomic E-state index is 13.5. The van der Waals surface area contributed by atoms with Gasteiger partial charge in [0.15, 0.2) is 0 Å². The van der Waals surface area contributed by atoms with Crippen LogP contribution in [-0.4, -0.2) is 13.2 Å². The third-order valence-electron chi connectivity index (χ3n) is 4.46. The van der Waals surface area contributed by atoms with Crippen molar-refractivity contribution >= 4 is 0 Å². The van der Waals surface area contributed by atoms with Crippen molar-refractivity contribution in [3.63, 3.8) is 0 Å². The highest BCUT2D eigenvalue weighted by Crippen LogP contribution is 2.42. The molecule has 3 unspecified atom stereocenters. The van der Waals surface area contributed by atoms with E-state index in [2.05, 4.69) is 33.0 Å². The van der Waals surface area contributed by atoms with Crippen molar-refractivity contribution in [2.45, 2.75) is 52.6 Å². The Bertz CT molecular complexity index is 472. The molecule has 1 aromatic rings. The quantitative estimate of drug-likeness (QED) is 0.886. The van der Waals surface area contributed by atoms with E-state index in [9.17, 15) is 4.39 Å². The molecule has 0 amide bonds. The molecule has 0 heterocycles. The lowest BCUT2D eigenvalue weighted by atomic mass is 9.91. The second kappa shape index (κ2) is 5.72. The number of methoxy groups -OCH3 is 1. The number of rotatable bonds is 4. The van der Waals surface area contributed by atoms with Crippen LogP contribution in [0, 0.1) is 17.2 Å². The molecule has 1 aliphatic rings. The topological polar surface area (TPSA) is 21.3 Å². The van der Waals surface area contributed by atoms with Gasteiger partial charge in [-0.3, -0.25) is 0 Å². The normalized spacial score (nSPS) is 26.5. The van der Waals surface area contributed by atoms with Crippen LogP contribution in [-0.2, 0) is 0 Å². The Morgan fingerprint density at radius 1 is 1.35 bits per heavy atom. The Balaban J connectivity index is 2.12. The van der Waals surface area contributed by atoms with Crippen LogP contribution in [0.3, 0.4) is 0 Å². The van der Waals surface area contributed by atoms with Crippen molar-refractivity contribution in [1.29, 1.82) is 0 Å². The van der Waals surface area contributed by atoms with E-state index in [1.165, 1.54) is 12.5 Å². The van der Waals surface area contributed by atoms with Crippen molar-refractivity contribution in [3.05, 3.63) is 29.6 Å². The first kappa shape index (κ1) is 15.3. The largest absolute Gasteiger partial charge is 0.496 e. The summed E-state index contributed by atoms with van der Waals surface area (Å²) in [6, 6.07) is 5.28. The Hall–Kier alpha value is -1.09. The fourth-order valence-corrected chi connectivity index (χ4v) is 3.57. The van der Waals surface area contributed by atoms with Gasteiger partial charge in [-0.05, 0) is 49.3 Å². The van der Waals surface area contributed by atoms with Crippen LogP contribution in [0.2, 0.25) is 0 Å². The Morgan fingerprint density at radius 3 is 2.60 bits per heavy atom. The predicted molar refractivity (Wildman–Crippen MR) is 80.5 cm³/mol.